The average Bonchev–Trinajstić information content (AvgIpc) is 3.16. The molecule has 7 heteroatoms. The van der Waals surface area contributed by atoms with E-state index in [0.29, 0.717) is 18.8 Å². The zero-order valence-corrected chi connectivity index (χ0v) is 17.9. The van der Waals surface area contributed by atoms with E-state index < -0.39 is 0 Å². The first-order chi connectivity index (χ1) is 15.0. The van der Waals surface area contributed by atoms with Crippen LogP contribution in [-0.4, -0.2) is 59.2 Å². The van der Waals surface area contributed by atoms with Crippen molar-refractivity contribution in [1.82, 2.24) is 20.0 Å². The van der Waals surface area contributed by atoms with Crippen molar-refractivity contribution >= 4 is 17.5 Å². The Labute approximate surface area is 182 Å². The number of carbonyl (C=O) groups excluding carboxylic acids is 2. The van der Waals surface area contributed by atoms with Gasteiger partial charge in [-0.2, -0.15) is 5.10 Å². The maximum atomic E-state index is 12.6. The van der Waals surface area contributed by atoms with Crippen LogP contribution in [0, 0.1) is 6.92 Å². The minimum absolute atomic E-state index is 0.0188. The number of amides is 2. The van der Waals surface area contributed by atoms with Crippen LogP contribution in [0.1, 0.15) is 16.2 Å². The van der Waals surface area contributed by atoms with Crippen LogP contribution in [-0.2, 0) is 11.8 Å². The SMILES string of the molecule is Cc1cc(C(=O)NCC(=O)N2CCN(c3ccccc3-c3ccccc3)CC2)nn1C. The number of anilines is 1. The Bertz CT molecular complexity index is 1050. The number of hydrogen-bond donors (Lipinski definition) is 1. The Morgan fingerprint density at radius 3 is 2.32 bits per heavy atom. The number of aromatic nitrogens is 2. The topological polar surface area (TPSA) is 70.5 Å². The highest BCUT2D eigenvalue weighted by Gasteiger charge is 2.23. The van der Waals surface area contributed by atoms with Crippen LogP contribution < -0.4 is 10.2 Å². The van der Waals surface area contributed by atoms with Gasteiger partial charge < -0.3 is 15.1 Å². The molecule has 1 aliphatic heterocycles. The molecule has 7 nitrogen and oxygen atoms in total. The van der Waals surface area contributed by atoms with Gasteiger partial charge in [-0.3, -0.25) is 14.3 Å². The number of nitrogens with one attached hydrogen (secondary N) is 1. The van der Waals surface area contributed by atoms with Gasteiger partial charge in [-0.25, -0.2) is 0 Å². The number of aryl methyl sites for hydroxylation is 2. The summed E-state index contributed by atoms with van der Waals surface area (Å²) in [6, 6.07) is 20.4. The molecule has 2 heterocycles. The molecule has 1 saturated heterocycles. The molecular weight excluding hydrogens is 390 g/mol. The van der Waals surface area contributed by atoms with Gasteiger partial charge in [0, 0.05) is 50.2 Å². The van der Waals surface area contributed by atoms with E-state index in [-0.39, 0.29) is 18.4 Å². The first-order valence-electron chi connectivity index (χ1n) is 10.5. The molecule has 0 unspecified atom stereocenters. The van der Waals surface area contributed by atoms with Crippen molar-refractivity contribution in [2.24, 2.45) is 7.05 Å². The molecule has 31 heavy (non-hydrogen) atoms. The minimum atomic E-state index is -0.326. The van der Waals surface area contributed by atoms with Gasteiger partial charge in [0.05, 0.1) is 6.54 Å². The Kier molecular flexibility index (Phi) is 6.02. The van der Waals surface area contributed by atoms with Crippen LogP contribution in [0.25, 0.3) is 11.1 Å². The maximum Gasteiger partial charge on any atom is 0.272 e. The summed E-state index contributed by atoms with van der Waals surface area (Å²) in [5.41, 5.74) is 4.78. The van der Waals surface area contributed by atoms with Gasteiger partial charge in [0.25, 0.3) is 5.91 Å². The van der Waals surface area contributed by atoms with Gasteiger partial charge in [0.1, 0.15) is 5.69 Å². The Hall–Kier alpha value is -3.61. The lowest BCUT2D eigenvalue weighted by atomic mass is 10.0. The molecule has 0 atom stereocenters. The zero-order valence-electron chi connectivity index (χ0n) is 17.9. The van der Waals surface area contributed by atoms with Gasteiger partial charge in [-0.05, 0) is 24.6 Å². The van der Waals surface area contributed by atoms with Crippen LogP contribution in [0.5, 0.6) is 0 Å². The van der Waals surface area contributed by atoms with E-state index in [9.17, 15) is 9.59 Å². The Morgan fingerprint density at radius 2 is 1.65 bits per heavy atom. The van der Waals surface area contributed by atoms with Crippen molar-refractivity contribution in [2.45, 2.75) is 6.92 Å². The molecular formula is C24H27N5O2. The second kappa shape index (κ2) is 9.04. The van der Waals surface area contributed by atoms with Gasteiger partial charge in [-0.1, -0.05) is 48.5 Å². The van der Waals surface area contributed by atoms with Gasteiger partial charge >= 0.3 is 0 Å². The summed E-state index contributed by atoms with van der Waals surface area (Å²) in [4.78, 5) is 29.0. The molecule has 4 rings (SSSR count). The molecule has 0 aliphatic carbocycles. The second-order valence-corrected chi connectivity index (χ2v) is 7.73. The van der Waals surface area contributed by atoms with E-state index >= 15 is 0 Å². The molecule has 1 N–H and O–H groups in total. The fraction of sp³-hybridized carbons (Fsp3) is 0.292. The number of para-hydroxylation sites is 1. The van der Waals surface area contributed by atoms with Crippen molar-refractivity contribution in [3.05, 3.63) is 72.1 Å². The first kappa shape index (κ1) is 20.7. The highest BCUT2D eigenvalue weighted by Crippen LogP contribution is 2.31. The molecule has 0 radical (unpaired) electrons. The predicted octanol–water partition coefficient (Wildman–Crippen LogP) is 2.47. The van der Waals surface area contributed by atoms with Crippen LogP contribution >= 0.6 is 0 Å². The number of nitrogens with zero attached hydrogens (tertiary/aromatic N) is 4. The molecule has 2 amide bonds. The van der Waals surface area contributed by atoms with Crippen molar-refractivity contribution in [3.8, 4) is 11.1 Å². The molecule has 1 aromatic heterocycles. The largest absolute Gasteiger partial charge is 0.367 e. The van der Waals surface area contributed by atoms with E-state index in [1.807, 2.05) is 36.1 Å². The summed E-state index contributed by atoms with van der Waals surface area (Å²) < 4.78 is 1.64. The fourth-order valence-corrected chi connectivity index (χ4v) is 3.84. The predicted molar refractivity (Wildman–Crippen MR) is 121 cm³/mol. The molecule has 1 fully saturated rings. The van der Waals surface area contributed by atoms with Crippen LogP contribution in [0.3, 0.4) is 0 Å². The average molecular weight is 418 g/mol. The number of carbonyl (C=O) groups is 2. The third kappa shape index (κ3) is 4.60. The summed E-state index contributed by atoms with van der Waals surface area (Å²) in [6.45, 7) is 4.62. The smallest absolute Gasteiger partial charge is 0.272 e. The van der Waals surface area contributed by atoms with Crippen molar-refractivity contribution in [2.75, 3.05) is 37.6 Å². The summed E-state index contributed by atoms with van der Waals surface area (Å²) in [5.74, 6) is -0.399. The highest BCUT2D eigenvalue weighted by atomic mass is 16.2. The standard InChI is InChI=1S/C24H27N5O2/c1-18-16-21(26-27(18)2)24(31)25-17-23(30)29-14-12-28(13-15-29)22-11-7-6-10-20(22)19-8-4-3-5-9-19/h3-11,16H,12-15,17H2,1-2H3,(H,25,31). The summed E-state index contributed by atoms with van der Waals surface area (Å²) >= 11 is 0. The number of hydrogen-bond acceptors (Lipinski definition) is 4. The van der Waals surface area contributed by atoms with Crippen molar-refractivity contribution < 1.29 is 9.59 Å². The quantitative estimate of drug-likeness (QED) is 0.692. The molecule has 3 aromatic rings. The minimum Gasteiger partial charge on any atom is -0.367 e. The number of rotatable bonds is 5. The first-order valence-corrected chi connectivity index (χ1v) is 10.5. The maximum absolute atomic E-state index is 12.6. The van der Waals surface area contributed by atoms with Crippen LogP contribution in [0.15, 0.2) is 60.7 Å². The second-order valence-electron chi connectivity index (χ2n) is 7.73. The Balaban J connectivity index is 1.34. The van der Waals surface area contributed by atoms with E-state index in [4.69, 9.17) is 0 Å². The van der Waals surface area contributed by atoms with E-state index in [0.717, 1.165) is 18.8 Å². The van der Waals surface area contributed by atoms with Gasteiger partial charge in [0.15, 0.2) is 0 Å². The van der Waals surface area contributed by atoms with Gasteiger partial charge in [-0.15, -0.1) is 0 Å². The molecule has 0 bridgehead atoms. The summed E-state index contributed by atoms with van der Waals surface area (Å²) in [6.07, 6.45) is 0. The van der Waals surface area contributed by atoms with E-state index in [1.165, 1.54) is 16.8 Å². The van der Waals surface area contributed by atoms with E-state index in [1.54, 1.807) is 17.8 Å². The van der Waals surface area contributed by atoms with E-state index in [2.05, 4.69) is 45.6 Å². The fourth-order valence-electron chi connectivity index (χ4n) is 3.84. The molecule has 0 saturated carbocycles. The molecule has 2 aromatic carbocycles. The third-order valence-corrected chi connectivity index (χ3v) is 5.71. The van der Waals surface area contributed by atoms with Crippen LogP contribution in [0.2, 0.25) is 0 Å². The third-order valence-electron chi connectivity index (χ3n) is 5.71. The summed E-state index contributed by atoms with van der Waals surface area (Å²) in [7, 11) is 1.78. The zero-order chi connectivity index (χ0) is 21.8. The van der Waals surface area contributed by atoms with Gasteiger partial charge in [0.2, 0.25) is 5.91 Å². The van der Waals surface area contributed by atoms with Crippen molar-refractivity contribution in [1.29, 1.82) is 0 Å². The number of benzene rings is 2. The van der Waals surface area contributed by atoms with Crippen molar-refractivity contribution in [3.63, 3.8) is 0 Å². The normalized spacial score (nSPS) is 13.9. The lowest BCUT2D eigenvalue weighted by Crippen LogP contribution is -2.51. The lowest BCUT2D eigenvalue weighted by molar-refractivity contribution is -0.130. The number of piperazine rings is 1. The molecule has 1 aliphatic rings. The van der Waals surface area contributed by atoms with Crippen LogP contribution in [0.4, 0.5) is 5.69 Å². The summed E-state index contributed by atoms with van der Waals surface area (Å²) in [5, 5.41) is 6.84. The highest BCUT2D eigenvalue weighted by molar-refractivity contribution is 5.95. The molecule has 160 valence electrons. The lowest BCUT2D eigenvalue weighted by Gasteiger charge is -2.37. The molecule has 0 spiro atoms. The Morgan fingerprint density at radius 1 is 0.968 bits per heavy atom. The monoisotopic (exact) mass is 417 g/mol.